The average Bonchev–Trinajstić information content (AvgIpc) is 2.41. The molecule has 5 nitrogen and oxygen atoms in total. The normalized spacial score (nSPS) is 9.22. The van der Waals surface area contributed by atoms with Crippen LogP contribution in [0.25, 0.3) is 0 Å². The number of nitrogens with zero attached hydrogens (tertiary/aromatic N) is 3. The van der Waals surface area contributed by atoms with E-state index in [9.17, 15) is 0 Å². The van der Waals surface area contributed by atoms with Crippen LogP contribution in [0.2, 0.25) is 0 Å². The Bertz CT molecular complexity index is 664. The number of nitrogen functional groups attached to an aromatic ring is 1. The Morgan fingerprint density at radius 2 is 2.00 bits per heavy atom. The summed E-state index contributed by atoms with van der Waals surface area (Å²) in [7, 11) is 0. The van der Waals surface area contributed by atoms with Gasteiger partial charge in [-0.05, 0) is 24.3 Å². The molecule has 3 N–H and O–H groups in total. The highest BCUT2D eigenvalue weighted by Crippen LogP contribution is 2.23. The fourth-order valence-electron chi connectivity index (χ4n) is 1.47. The highest BCUT2D eigenvalue weighted by atomic mass is 15.0. The van der Waals surface area contributed by atoms with Crippen LogP contribution in [-0.2, 0) is 0 Å². The molecule has 0 saturated heterocycles. The Hall–Kier alpha value is -3.05. The summed E-state index contributed by atoms with van der Waals surface area (Å²) in [5.74, 6) is 0.407. The van der Waals surface area contributed by atoms with Crippen molar-refractivity contribution in [2.75, 3.05) is 11.1 Å². The summed E-state index contributed by atoms with van der Waals surface area (Å²) in [6.07, 6.45) is 1.51. The van der Waals surface area contributed by atoms with Gasteiger partial charge in [0.15, 0.2) is 5.82 Å². The second-order valence-corrected chi connectivity index (χ2v) is 3.55. The zero-order valence-corrected chi connectivity index (χ0v) is 9.38. The Kier molecular flexibility index (Phi) is 3.08. The van der Waals surface area contributed by atoms with Crippen molar-refractivity contribution < 1.29 is 0 Å². The van der Waals surface area contributed by atoms with Gasteiger partial charge < -0.3 is 11.1 Å². The van der Waals surface area contributed by atoms with Crippen molar-refractivity contribution in [1.82, 2.24) is 4.98 Å². The highest BCUT2D eigenvalue weighted by Gasteiger charge is 2.06. The fourth-order valence-corrected chi connectivity index (χ4v) is 1.47. The van der Waals surface area contributed by atoms with Crippen molar-refractivity contribution in [1.29, 1.82) is 10.5 Å². The van der Waals surface area contributed by atoms with Gasteiger partial charge in [-0.1, -0.05) is 6.07 Å². The van der Waals surface area contributed by atoms with Crippen molar-refractivity contribution in [2.24, 2.45) is 0 Å². The van der Waals surface area contributed by atoms with Crippen LogP contribution >= 0.6 is 0 Å². The van der Waals surface area contributed by atoms with Crippen molar-refractivity contribution >= 4 is 17.2 Å². The number of anilines is 3. The maximum Gasteiger partial charge on any atom is 0.154 e. The van der Waals surface area contributed by atoms with E-state index in [4.69, 9.17) is 16.3 Å². The van der Waals surface area contributed by atoms with E-state index in [0.717, 1.165) is 0 Å². The van der Waals surface area contributed by atoms with Crippen LogP contribution in [0.4, 0.5) is 17.2 Å². The lowest BCUT2D eigenvalue weighted by Gasteiger charge is -2.08. The number of rotatable bonds is 2. The van der Waals surface area contributed by atoms with Crippen LogP contribution in [0.5, 0.6) is 0 Å². The van der Waals surface area contributed by atoms with E-state index in [-0.39, 0.29) is 0 Å². The molecule has 1 aromatic heterocycles. The summed E-state index contributed by atoms with van der Waals surface area (Å²) in [6, 6.07) is 12.5. The van der Waals surface area contributed by atoms with Gasteiger partial charge in [-0.3, -0.25) is 0 Å². The molecule has 0 bridgehead atoms. The Morgan fingerprint density at radius 1 is 1.17 bits per heavy atom. The monoisotopic (exact) mass is 235 g/mol. The molecule has 2 rings (SSSR count). The minimum absolute atomic E-state index is 0.294. The molecule has 0 aliphatic heterocycles. The number of hydrogen-bond acceptors (Lipinski definition) is 5. The summed E-state index contributed by atoms with van der Waals surface area (Å²) >= 11 is 0. The molecule has 1 aromatic carbocycles. The lowest BCUT2D eigenvalue weighted by atomic mass is 10.2. The summed E-state index contributed by atoms with van der Waals surface area (Å²) in [5, 5.41) is 20.6. The third-order valence-electron chi connectivity index (χ3n) is 2.36. The first-order valence-corrected chi connectivity index (χ1v) is 5.16. The molecule has 0 aliphatic carbocycles. The Morgan fingerprint density at radius 3 is 2.72 bits per heavy atom. The predicted octanol–water partition coefficient (Wildman–Crippen LogP) is 2.15. The van der Waals surface area contributed by atoms with E-state index in [2.05, 4.69) is 10.3 Å². The van der Waals surface area contributed by atoms with E-state index in [1.54, 1.807) is 30.3 Å². The lowest BCUT2D eigenvalue weighted by Crippen LogP contribution is -2.01. The maximum atomic E-state index is 8.86. The quantitative estimate of drug-likeness (QED) is 0.830. The van der Waals surface area contributed by atoms with Crippen molar-refractivity contribution in [3.63, 3.8) is 0 Å². The zero-order chi connectivity index (χ0) is 13.0. The molecule has 1 heterocycles. The number of benzene rings is 1. The van der Waals surface area contributed by atoms with Gasteiger partial charge in [0.25, 0.3) is 0 Å². The number of nitriles is 2. The molecule has 0 aliphatic rings. The first-order valence-electron chi connectivity index (χ1n) is 5.16. The fraction of sp³-hybridized carbons (Fsp3) is 0. The van der Waals surface area contributed by atoms with Gasteiger partial charge in [0.1, 0.15) is 6.07 Å². The summed E-state index contributed by atoms with van der Waals surface area (Å²) in [5.41, 5.74) is 7.69. The van der Waals surface area contributed by atoms with Gasteiger partial charge in [-0.25, -0.2) is 4.98 Å². The minimum atomic E-state index is 0.294. The SMILES string of the molecule is N#Cc1cccc(Nc2nccc(C#N)c2N)c1. The number of aromatic nitrogens is 1. The number of nitrogens with two attached hydrogens (primary N) is 1. The summed E-state index contributed by atoms with van der Waals surface area (Å²) in [4.78, 5) is 4.07. The maximum absolute atomic E-state index is 8.86. The molecular formula is C13H9N5. The lowest BCUT2D eigenvalue weighted by molar-refractivity contribution is 1.30. The standard InChI is InChI=1S/C13H9N5/c14-7-9-2-1-3-11(6-9)18-13-12(16)10(8-15)4-5-17-13/h1-6H,16H2,(H,17,18). The van der Waals surface area contributed by atoms with Crippen LogP contribution in [0, 0.1) is 22.7 Å². The van der Waals surface area contributed by atoms with Crippen molar-refractivity contribution in [3.05, 3.63) is 47.7 Å². The topological polar surface area (TPSA) is 98.5 Å². The third-order valence-corrected chi connectivity index (χ3v) is 2.36. The predicted molar refractivity (Wildman–Crippen MR) is 67.8 cm³/mol. The van der Waals surface area contributed by atoms with E-state index in [0.29, 0.717) is 28.3 Å². The molecule has 0 unspecified atom stereocenters. The second-order valence-electron chi connectivity index (χ2n) is 3.55. The molecule has 0 saturated carbocycles. The van der Waals surface area contributed by atoms with Crippen LogP contribution in [0.3, 0.4) is 0 Å². The molecule has 0 radical (unpaired) electrons. The van der Waals surface area contributed by atoms with Gasteiger partial charge in [0.2, 0.25) is 0 Å². The third kappa shape index (κ3) is 2.21. The van der Waals surface area contributed by atoms with Crippen molar-refractivity contribution in [2.45, 2.75) is 0 Å². The molecular weight excluding hydrogens is 226 g/mol. The van der Waals surface area contributed by atoms with Gasteiger partial charge >= 0.3 is 0 Å². The largest absolute Gasteiger partial charge is 0.395 e. The summed E-state index contributed by atoms with van der Waals surface area (Å²) < 4.78 is 0. The van der Waals surface area contributed by atoms with Crippen LogP contribution < -0.4 is 11.1 Å². The first kappa shape index (κ1) is 11.4. The minimum Gasteiger partial charge on any atom is -0.395 e. The van der Waals surface area contributed by atoms with Gasteiger partial charge in [-0.2, -0.15) is 10.5 Å². The first-order chi connectivity index (χ1) is 8.74. The highest BCUT2D eigenvalue weighted by molar-refractivity contribution is 5.73. The van der Waals surface area contributed by atoms with Crippen molar-refractivity contribution in [3.8, 4) is 12.1 Å². The molecule has 86 valence electrons. The zero-order valence-electron chi connectivity index (χ0n) is 9.38. The van der Waals surface area contributed by atoms with E-state index >= 15 is 0 Å². The molecule has 2 aromatic rings. The van der Waals surface area contributed by atoms with Gasteiger partial charge in [0, 0.05) is 11.9 Å². The molecule has 0 amide bonds. The van der Waals surface area contributed by atoms with E-state index in [1.165, 1.54) is 6.20 Å². The second kappa shape index (κ2) is 4.86. The van der Waals surface area contributed by atoms with Gasteiger partial charge in [-0.15, -0.1) is 0 Å². The molecule has 5 heteroatoms. The van der Waals surface area contributed by atoms with Gasteiger partial charge in [0.05, 0.1) is 22.9 Å². The van der Waals surface area contributed by atoms with E-state index in [1.807, 2.05) is 12.1 Å². The smallest absolute Gasteiger partial charge is 0.154 e. The van der Waals surface area contributed by atoms with E-state index < -0.39 is 0 Å². The average molecular weight is 235 g/mol. The molecule has 0 spiro atoms. The number of pyridine rings is 1. The van der Waals surface area contributed by atoms with Crippen LogP contribution in [0.1, 0.15) is 11.1 Å². The molecule has 0 fully saturated rings. The number of hydrogen-bond donors (Lipinski definition) is 2. The summed E-state index contributed by atoms with van der Waals surface area (Å²) in [6.45, 7) is 0. The molecule has 18 heavy (non-hydrogen) atoms. The van der Waals surface area contributed by atoms with Crippen LogP contribution in [-0.4, -0.2) is 4.98 Å². The Labute approximate surface area is 104 Å². The Balaban J connectivity index is 2.35. The number of nitrogens with one attached hydrogen (secondary N) is 1. The molecule has 0 atom stereocenters. The van der Waals surface area contributed by atoms with Crippen LogP contribution in [0.15, 0.2) is 36.5 Å².